The van der Waals surface area contributed by atoms with E-state index < -0.39 is 40.2 Å². The van der Waals surface area contributed by atoms with Gasteiger partial charge < -0.3 is 10.2 Å². The third kappa shape index (κ3) is 8.87. The number of hydrogen-bond acceptors (Lipinski definition) is 4. The second-order valence-corrected chi connectivity index (χ2v) is 13.8. The summed E-state index contributed by atoms with van der Waals surface area (Å²) in [5.41, 5.74) is 2.21. The summed E-state index contributed by atoms with van der Waals surface area (Å²) >= 11 is 12.8. The molecule has 46 heavy (non-hydrogen) atoms. The predicted octanol–water partition coefficient (Wildman–Crippen LogP) is 7.19. The molecule has 0 saturated carbocycles. The minimum absolute atomic E-state index is 0.00786. The number of hydrogen-bond donors (Lipinski definition) is 1. The quantitative estimate of drug-likeness (QED) is 0.162. The first-order valence-corrected chi connectivity index (χ1v) is 17.0. The smallest absolute Gasteiger partial charge is 0.264 e. The fraction of sp³-hybridized carbons (Fsp3) is 0.257. The van der Waals surface area contributed by atoms with E-state index in [-0.39, 0.29) is 39.6 Å². The molecule has 4 aromatic carbocycles. The van der Waals surface area contributed by atoms with Crippen molar-refractivity contribution in [1.29, 1.82) is 0 Å². The Morgan fingerprint density at radius 2 is 1.54 bits per heavy atom. The summed E-state index contributed by atoms with van der Waals surface area (Å²) in [7, 11) is -4.35. The number of carbonyl (C=O) groups excluding carboxylic acids is 2. The van der Waals surface area contributed by atoms with Gasteiger partial charge in [0.25, 0.3) is 10.0 Å². The van der Waals surface area contributed by atoms with E-state index >= 15 is 0 Å². The maximum atomic E-state index is 14.5. The number of nitrogens with zero attached hydrogens (tertiary/aromatic N) is 2. The largest absolute Gasteiger partial charge is 0.352 e. The molecule has 0 aliphatic rings. The molecule has 242 valence electrons. The lowest BCUT2D eigenvalue weighted by Gasteiger charge is -2.34. The average Bonchev–Trinajstić information content (AvgIpc) is 3.04. The van der Waals surface area contributed by atoms with Gasteiger partial charge in [0.15, 0.2) is 0 Å². The van der Waals surface area contributed by atoms with Gasteiger partial charge in [-0.1, -0.05) is 90.3 Å². The van der Waals surface area contributed by atoms with Gasteiger partial charge in [-0.05, 0) is 73.9 Å². The summed E-state index contributed by atoms with van der Waals surface area (Å²) in [5.74, 6) is -1.53. The highest BCUT2D eigenvalue weighted by Gasteiger charge is 2.35. The van der Waals surface area contributed by atoms with Gasteiger partial charge >= 0.3 is 0 Å². The molecule has 2 atom stereocenters. The Hall–Kier alpha value is -3.92. The van der Waals surface area contributed by atoms with Crippen molar-refractivity contribution in [3.8, 4) is 0 Å². The summed E-state index contributed by atoms with van der Waals surface area (Å²) in [4.78, 5) is 29.7. The molecule has 0 heterocycles. The van der Waals surface area contributed by atoms with E-state index in [1.165, 1.54) is 59.5 Å². The summed E-state index contributed by atoms with van der Waals surface area (Å²) in [6.45, 7) is 4.84. The zero-order chi connectivity index (χ0) is 33.4. The number of sulfonamides is 1. The standard InChI is InChI=1S/C35H36Cl2FN3O4S/c1-4-25(3)39-35(43)33(20-26-8-6-5-7-9-26)40(22-27-12-15-29(38)16-13-27)34(42)23-41(32-21-28(36)14-19-31(32)37)46(44,45)30-17-10-24(2)11-18-30/h5-19,21,25,33H,4,20,22-23H2,1-3H3,(H,39,43). The molecule has 4 rings (SSSR count). The zero-order valence-electron chi connectivity index (χ0n) is 25.8. The lowest BCUT2D eigenvalue weighted by molar-refractivity contribution is -0.140. The number of halogens is 3. The summed E-state index contributed by atoms with van der Waals surface area (Å²) < 4.78 is 43.1. The van der Waals surface area contributed by atoms with Gasteiger partial charge in [-0.25, -0.2) is 12.8 Å². The molecule has 11 heteroatoms. The molecule has 0 fully saturated rings. The molecule has 0 radical (unpaired) electrons. The molecule has 0 spiro atoms. The van der Waals surface area contributed by atoms with Crippen molar-refractivity contribution in [1.82, 2.24) is 10.2 Å². The normalized spacial score (nSPS) is 12.7. The Kier molecular flexibility index (Phi) is 11.8. The number of rotatable bonds is 13. The van der Waals surface area contributed by atoms with Crippen LogP contribution in [0.5, 0.6) is 0 Å². The molecule has 0 bridgehead atoms. The summed E-state index contributed by atoms with van der Waals surface area (Å²) in [5, 5.41) is 3.26. The molecular formula is C35H36Cl2FN3O4S. The fourth-order valence-corrected chi connectivity index (χ4v) is 6.67. The monoisotopic (exact) mass is 683 g/mol. The number of anilines is 1. The number of amides is 2. The van der Waals surface area contributed by atoms with E-state index in [0.29, 0.717) is 12.0 Å². The third-order valence-electron chi connectivity index (χ3n) is 7.60. The highest BCUT2D eigenvalue weighted by Crippen LogP contribution is 2.33. The van der Waals surface area contributed by atoms with Gasteiger partial charge in [0.2, 0.25) is 11.8 Å². The molecular weight excluding hydrogens is 648 g/mol. The van der Waals surface area contributed by atoms with Crippen molar-refractivity contribution in [3.63, 3.8) is 0 Å². The van der Waals surface area contributed by atoms with E-state index in [4.69, 9.17) is 23.2 Å². The Bertz CT molecular complexity index is 1760. The maximum absolute atomic E-state index is 14.5. The van der Waals surface area contributed by atoms with Gasteiger partial charge in [0.05, 0.1) is 15.6 Å². The van der Waals surface area contributed by atoms with Gasteiger partial charge in [-0.2, -0.15) is 0 Å². The summed E-state index contributed by atoms with van der Waals surface area (Å²) in [6, 6.07) is 24.2. The first-order valence-electron chi connectivity index (χ1n) is 14.8. The second kappa shape index (κ2) is 15.6. The molecule has 0 aromatic heterocycles. The van der Waals surface area contributed by atoms with E-state index in [9.17, 15) is 22.4 Å². The topological polar surface area (TPSA) is 86.8 Å². The van der Waals surface area contributed by atoms with Crippen molar-refractivity contribution in [2.45, 2.75) is 57.1 Å². The Morgan fingerprint density at radius 3 is 2.17 bits per heavy atom. The van der Waals surface area contributed by atoms with E-state index in [0.717, 1.165) is 15.4 Å². The van der Waals surface area contributed by atoms with E-state index in [2.05, 4.69) is 5.32 Å². The maximum Gasteiger partial charge on any atom is 0.264 e. The SMILES string of the molecule is CCC(C)NC(=O)C(Cc1ccccc1)N(Cc1ccc(F)cc1)C(=O)CN(c1cc(Cl)ccc1Cl)S(=O)(=O)c1ccc(C)cc1. The molecule has 1 N–H and O–H groups in total. The lowest BCUT2D eigenvalue weighted by Crippen LogP contribution is -2.54. The zero-order valence-corrected chi connectivity index (χ0v) is 28.1. The van der Waals surface area contributed by atoms with Crippen molar-refractivity contribution in [3.05, 3.63) is 130 Å². The Morgan fingerprint density at radius 1 is 0.891 bits per heavy atom. The molecule has 7 nitrogen and oxygen atoms in total. The van der Waals surface area contributed by atoms with Gasteiger partial charge in [-0.3, -0.25) is 13.9 Å². The van der Waals surface area contributed by atoms with Crippen molar-refractivity contribution in [2.24, 2.45) is 0 Å². The molecule has 0 saturated heterocycles. The van der Waals surface area contributed by atoms with E-state index in [1.807, 2.05) is 51.1 Å². The highest BCUT2D eigenvalue weighted by molar-refractivity contribution is 7.92. The third-order valence-corrected chi connectivity index (χ3v) is 9.93. The molecule has 2 amide bonds. The number of benzene rings is 4. The van der Waals surface area contributed by atoms with Crippen molar-refractivity contribution in [2.75, 3.05) is 10.8 Å². The second-order valence-electron chi connectivity index (χ2n) is 11.1. The number of nitrogens with one attached hydrogen (secondary N) is 1. The molecule has 2 unspecified atom stereocenters. The van der Waals surface area contributed by atoms with Crippen LogP contribution in [0.25, 0.3) is 0 Å². The van der Waals surface area contributed by atoms with Crippen LogP contribution in [0.1, 0.15) is 37.0 Å². The van der Waals surface area contributed by atoms with Crippen LogP contribution in [-0.4, -0.2) is 43.8 Å². The van der Waals surface area contributed by atoms with Crippen LogP contribution in [0.4, 0.5) is 10.1 Å². The van der Waals surface area contributed by atoms with Crippen LogP contribution < -0.4 is 9.62 Å². The first kappa shape index (κ1) is 34.9. The Balaban J connectivity index is 1.83. The van der Waals surface area contributed by atoms with Crippen LogP contribution in [-0.2, 0) is 32.6 Å². The average molecular weight is 685 g/mol. The highest BCUT2D eigenvalue weighted by atomic mass is 35.5. The van der Waals surface area contributed by atoms with Gasteiger partial charge in [0.1, 0.15) is 18.4 Å². The number of carbonyl (C=O) groups is 2. The molecule has 4 aromatic rings. The minimum Gasteiger partial charge on any atom is -0.352 e. The van der Waals surface area contributed by atoms with Crippen LogP contribution >= 0.6 is 23.2 Å². The van der Waals surface area contributed by atoms with Crippen molar-refractivity contribution < 1.29 is 22.4 Å². The van der Waals surface area contributed by atoms with Crippen LogP contribution in [0.2, 0.25) is 10.0 Å². The predicted molar refractivity (Wildman–Crippen MR) is 181 cm³/mol. The van der Waals surface area contributed by atoms with Gasteiger partial charge in [0, 0.05) is 24.0 Å². The van der Waals surface area contributed by atoms with Crippen LogP contribution in [0.15, 0.2) is 102 Å². The van der Waals surface area contributed by atoms with Gasteiger partial charge in [-0.15, -0.1) is 0 Å². The van der Waals surface area contributed by atoms with Crippen LogP contribution in [0.3, 0.4) is 0 Å². The summed E-state index contributed by atoms with van der Waals surface area (Å²) in [6.07, 6.45) is 0.810. The van der Waals surface area contributed by atoms with Crippen molar-refractivity contribution >= 4 is 50.7 Å². The minimum atomic E-state index is -4.35. The number of aryl methyl sites for hydroxylation is 1. The fourth-order valence-electron chi connectivity index (χ4n) is 4.81. The molecule has 0 aliphatic heterocycles. The Labute approximate surface area is 280 Å². The lowest BCUT2D eigenvalue weighted by atomic mass is 10.0. The first-order chi connectivity index (χ1) is 21.9. The molecule has 0 aliphatic carbocycles. The van der Waals surface area contributed by atoms with E-state index in [1.54, 1.807) is 12.1 Å². The van der Waals surface area contributed by atoms with Crippen LogP contribution in [0, 0.1) is 12.7 Å².